The number of nitrogens with two attached hydrogens (primary N) is 1. The number of furan rings is 1. The first-order chi connectivity index (χ1) is 5.83. The molecule has 0 atom stereocenters. The quantitative estimate of drug-likeness (QED) is 0.696. The van der Waals surface area contributed by atoms with E-state index in [1.165, 1.54) is 10.9 Å². The molecule has 2 N–H and O–H groups in total. The fourth-order valence-corrected chi connectivity index (χ4v) is 1.49. The summed E-state index contributed by atoms with van der Waals surface area (Å²) in [6.45, 7) is 2.61. The smallest absolute Gasteiger partial charge is 0.134 e. The normalized spacial score (nSPS) is 10.8. The van der Waals surface area contributed by atoms with Crippen molar-refractivity contribution in [3.05, 3.63) is 35.6 Å². The summed E-state index contributed by atoms with van der Waals surface area (Å²) in [7, 11) is 0. The van der Waals surface area contributed by atoms with Crippen LogP contribution in [-0.2, 0) is 6.54 Å². The Morgan fingerprint density at radius 3 is 3.00 bits per heavy atom. The van der Waals surface area contributed by atoms with Crippen LogP contribution in [0.4, 0.5) is 0 Å². The van der Waals surface area contributed by atoms with Crippen LogP contribution in [0.25, 0.3) is 11.0 Å². The van der Waals surface area contributed by atoms with E-state index in [1.807, 2.05) is 12.1 Å². The standard InChI is InChI=1S/C10H11NO/c1-7-3-2-4-9-10(7)8(5-11)6-12-9/h2-4,6H,5,11H2,1H3. The minimum atomic E-state index is 0.540. The zero-order valence-electron chi connectivity index (χ0n) is 7.00. The van der Waals surface area contributed by atoms with Crippen LogP contribution in [0.3, 0.4) is 0 Å². The van der Waals surface area contributed by atoms with Gasteiger partial charge in [-0.1, -0.05) is 12.1 Å². The van der Waals surface area contributed by atoms with Crippen LogP contribution in [0.15, 0.2) is 28.9 Å². The average Bonchev–Trinajstić information content (AvgIpc) is 2.49. The molecule has 2 rings (SSSR count). The molecule has 0 radical (unpaired) electrons. The van der Waals surface area contributed by atoms with Gasteiger partial charge in [-0.2, -0.15) is 0 Å². The first-order valence-corrected chi connectivity index (χ1v) is 3.98. The molecule has 1 aromatic carbocycles. The number of hydrogen-bond acceptors (Lipinski definition) is 2. The maximum absolute atomic E-state index is 5.57. The van der Waals surface area contributed by atoms with Crippen molar-refractivity contribution in [2.45, 2.75) is 13.5 Å². The van der Waals surface area contributed by atoms with E-state index in [0.29, 0.717) is 6.54 Å². The van der Waals surface area contributed by atoms with E-state index >= 15 is 0 Å². The largest absolute Gasteiger partial charge is 0.464 e. The van der Waals surface area contributed by atoms with Gasteiger partial charge in [0, 0.05) is 17.5 Å². The second-order valence-corrected chi connectivity index (χ2v) is 2.91. The van der Waals surface area contributed by atoms with Gasteiger partial charge in [0.2, 0.25) is 0 Å². The highest BCUT2D eigenvalue weighted by Crippen LogP contribution is 2.23. The lowest BCUT2D eigenvalue weighted by Crippen LogP contribution is -1.94. The van der Waals surface area contributed by atoms with Crippen LogP contribution in [0.5, 0.6) is 0 Å². The molecule has 2 nitrogen and oxygen atoms in total. The van der Waals surface area contributed by atoms with Crippen molar-refractivity contribution in [3.63, 3.8) is 0 Å². The van der Waals surface area contributed by atoms with Crippen LogP contribution < -0.4 is 5.73 Å². The number of hydrogen-bond donors (Lipinski definition) is 1. The predicted octanol–water partition coefficient (Wildman–Crippen LogP) is 2.20. The van der Waals surface area contributed by atoms with Gasteiger partial charge < -0.3 is 10.2 Å². The van der Waals surface area contributed by atoms with E-state index in [4.69, 9.17) is 10.2 Å². The van der Waals surface area contributed by atoms with Crippen molar-refractivity contribution in [1.29, 1.82) is 0 Å². The molecule has 0 aliphatic heterocycles. The fourth-order valence-electron chi connectivity index (χ4n) is 1.49. The number of benzene rings is 1. The van der Waals surface area contributed by atoms with Gasteiger partial charge >= 0.3 is 0 Å². The molecule has 62 valence electrons. The van der Waals surface area contributed by atoms with Crippen LogP contribution in [0.2, 0.25) is 0 Å². The van der Waals surface area contributed by atoms with Gasteiger partial charge in [-0.15, -0.1) is 0 Å². The van der Waals surface area contributed by atoms with Crippen LogP contribution in [0, 0.1) is 6.92 Å². The van der Waals surface area contributed by atoms with E-state index < -0.39 is 0 Å². The molecule has 0 aliphatic rings. The molecule has 2 aromatic rings. The van der Waals surface area contributed by atoms with Crippen molar-refractivity contribution >= 4 is 11.0 Å². The van der Waals surface area contributed by atoms with E-state index in [-0.39, 0.29) is 0 Å². The predicted molar refractivity (Wildman–Crippen MR) is 48.8 cm³/mol. The maximum atomic E-state index is 5.57. The van der Waals surface area contributed by atoms with Crippen molar-refractivity contribution in [2.24, 2.45) is 5.73 Å². The lowest BCUT2D eigenvalue weighted by Gasteiger charge is -1.95. The van der Waals surface area contributed by atoms with Gasteiger partial charge in [-0.25, -0.2) is 0 Å². The van der Waals surface area contributed by atoms with Crippen molar-refractivity contribution in [3.8, 4) is 0 Å². The van der Waals surface area contributed by atoms with Crippen molar-refractivity contribution < 1.29 is 4.42 Å². The Morgan fingerprint density at radius 2 is 2.25 bits per heavy atom. The average molecular weight is 161 g/mol. The summed E-state index contributed by atoms with van der Waals surface area (Å²) in [5.74, 6) is 0. The summed E-state index contributed by atoms with van der Waals surface area (Å²) in [5, 5.41) is 1.17. The Kier molecular flexibility index (Phi) is 1.62. The third kappa shape index (κ3) is 0.924. The minimum Gasteiger partial charge on any atom is -0.464 e. The number of rotatable bonds is 1. The topological polar surface area (TPSA) is 39.2 Å². The molecule has 0 unspecified atom stereocenters. The highest BCUT2D eigenvalue weighted by molar-refractivity contribution is 5.84. The molecule has 0 spiro atoms. The van der Waals surface area contributed by atoms with E-state index in [1.54, 1.807) is 6.26 Å². The monoisotopic (exact) mass is 161 g/mol. The summed E-state index contributed by atoms with van der Waals surface area (Å²) in [4.78, 5) is 0. The summed E-state index contributed by atoms with van der Waals surface area (Å²) in [6.07, 6.45) is 1.73. The summed E-state index contributed by atoms with van der Waals surface area (Å²) < 4.78 is 5.34. The molecule has 0 amide bonds. The van der Waals surface area contributed by atoms with Gasteiger partial charge in [0.05, 0.1) is 6.26 Å². The Labute approximate surface area is 71.0 Å². The molecule has 0 aliphatic carbocycles. The number of fused-ring (bicyclic) bond motifs is 1. The zero-order chi connectivity index (χ0) is 8.55. The lowest BCUT2D eigenvalue weighted by atomic mass is 10.1. The van der Waals surface area contributed by atoms with E-state index in [0.717, 1.165) is 11.1 Å². The molecule has 0 saturated carbocycles. The molecule has 1 aromatic heterocycles. The highest BCUT2D eigenvalue weighted by Gasteiger charge is 2.05. The SMILES string of the molecule is Cc1cccc2occ(CN)c12. The van der Waals surface area contributed by atoms with Gasteiger partial charge in [-0.3, -0.25) is 0 Å². The van der Waals surface area contributed by atoms with Crippen molar-refractivity contribution in [1.82, 2.24) is 0 Å². The van der Waals surface area contributed by atoms with Crippen molar-refractivity contribution in [2.75, 3.05) is 0 Å². The lowest BCUT2D eigenvalue weighted by molar-refractivity contribution is 0.610. The first-order valence-electron chi connectivity index (χ1n) is 3.98. The first kappa shape index (κ1) is 7.37. The van der Waals surface area contributed by atoms with Crippen LogP contribution in [-0.4, -0.2) is 0 Å². The third-order valence-electron chi connectivity index (χ3n) is 2.10. The second-order valence-electron chi connectivity index (χ2n) is 2.91. The Hall–Kier alpha value is -1.28. The summed E-state index contributed by atoms with van der Waals surface area (Å²) in [5.41, 5.74) is 8.81. The Bertz CT molecular complexity index is 403. The molecular weight excluding hydrogens is 150 g/mol. The van der Waals surface area contributed by atoms with Gasteiger partial charge in [0.25, 0.3) is 0 Å². The zero-order valence-corrected chi connectivity index (χ0v) is 7.00. The molecule has 2 heteroatoms. The summed E-state index contributed by atoms with van der Waals surface area (Å²) >= 11 is 0. The second kappa shape index (κ2) is 2.64. The summed E-state index contributed by atoms with van der Waals surface area (Å²) in [6, 6.07) is 6.01. The molecule has 0 saturated heterocycles. The highest BCUT2D eigenvalue weighted by atomic mass is 16.3. The molecule has 12 heavy (non-hydrogen) atoms. The van der Waals surface area contributed by atoms with Gasteiger partial charge in [-0.05, 0) is 18.6 Å². The van der Waals surface area contributed by atoms with E-state index in [9.17, 15) is 0 Å². The van der Waals surface area contributed by atoms with Crippen LogP contribution >= 0.6 is 0 Å². The molecule has 1 heterocycles. The van der Waals surface area contributed by atoms with Crippen LogP contribution in [0.1, 0.15) is 11.1 Å². The maximum Gasteiger partial charge on any atom is 0.134 e. The molecule has 0 fully saturated rings. The molecular formula is C10H11NO. The van der Waals surface area contributed by atoms with Gasteiger partial charge in [0.1, 0.15) is 5.58 Å². The molecule has 0 bridgehead atoms. The number of aryl methyl sites for hydroxylation is 1. The fraction of sp³-hybridized carbons (Fsp3) is 0.200. The third-order valence-corrected chi connectivity index (χ3v) is 2.10. The van der Waals surface area contributed by atoms with E-state index in [2.05, 4.69) is 13.0 Å². The Morgan fingerprint density at radius 1 is 1.42 bits per heavy atom. The Balaban J connectivity index is 2.83. The minimum absolute atomic E-state index is 0.540. The van der Waals surface area contributed by atoms with Gasteiger partial charge in [0.15, 0.2) is 0 Å².